The molecule has 1 aliphatic rings. The highest BCUT2D eigenvalue weighted by Gasteiger charge is 2.32. The van der Waals surface area contributed by atoms with E-state index in [4.69, 9.17) is 16.3 Å². The number of amides is 3. The lowest BCUT2D eigenvalue weighted by molar-refractivity contribution is -0.135. The van der Waals surface area contributed by atoms with Crippen LogP contribution in [0.15, 0.2) is 42.5 Å². The van der Waals surface area contributed by atoms with Crippen molar-refractivity contribution in [1.29, 1.82) is 0 Å². The number of methoxy groups -OCH3 is 1. The predicted octanol–water partition coefficient (Wildman–Crippen LogP) is 3.23. The van der Waals surface area contributed by atoms with Gasteiger partial charge in [-0.3, -0.25) is 14.4 Å². The van der Waals surface area contributed by atoms with Crippen LogP contribution in [0.4, 0.5) is 4.39 Å². The number of piperazine rings is 1. The van der Waals surface area contributed by atoms with Crippen molar-refractivity contribution in [2.75, 3.05) is 33.3 Å². The molecular weight excluding hydrogens is 449 g/mol. The molecule has 3 amide bonds. The number of hydrogen-bond donors (Lipinski definition) is 1. The van der Waals surface area contributed by atoms with Gasteiger partial charge in [-0.1, -0.05) is 37.6 Å². The van der Waals surface area contributed by atoms with Crippen LogP contribution in [-0.2, 0) is 4.79 Å². The van der Waals surface area contributed by atoms with E-state index in [1.807, 2.05) is 13.8 Å². The molecule has 1 unspecified atom stereocenters. The zero-order chi connectivity index (χ0) is 24.1. The summed E-state index contributed by atoms with van der Waals surface area (Å²) in [7, 11) is 1.48. The Hall–Kier alpha value is -3.13. The molecule has 0 aromatic heterocycles. The highest BCUT2D eigenvalue weighted by molar-refractivity contribution is 6.33. The number of ether oxygens (including phenoxy) is 1. The molecule has 1 N–H and O–H groups in total. The maximum Gasteiger partial charge on any atom is 0.255 e. The molecule has 0 aliphatic carbocycles. The van der Waals surface area contributed by atoms with Crippen molar-refractivity contribution >= 4 is 29.3 Å². The van der Waals surface area contributed by atoms with Crippen LogP contribution in [0.2, 0.25) is 5.02 Å². The van der Waals surface area contributed by atoms with Crippen LogP contribution >= 0.6 is 11.6 Å². The van der Waals surface area contributed by atoms with E-state index in [0.717, 1.165) is 6.07 Å². The van der Waals surface area contributed by atoms with E-state index in [1.165, 1.54) is 19.2 Å². The van der Waals surface area contributed by atoms with Crippen LogP contribution in [-0.4, -0.2) is 66.9 Å². The summed E-state index contributed by atoms with van der Waals surface area (Å²) in [5.74, 6) is -1.14. The van der Waals surface area contributed by atoms with Crippen molar-refractivity contribution in [2.24, 2.45) is 5.92 Å². The molecule has 0 spiro atoms. The number of carbonyl (C=O) groups is 3. The van der Waals surface area contributed by atoms with Crippen molar-refractivity contribution in [3.63, 3.8) is 0 Å². The van der Waals surface area contributed by atoms with Gasteiger partial charge < -0.3 is 19.9 Å². The van der Waals surface area contributed by atoms with Crippen molar-refractivity contribution in [2.45, 2.75) is 19.9 Å². The molecule has 2 aromatic carbocycles. The second-order valence-electron chi connectivity index (χ2n) is 8.14. The molecule has 7 nitrogen and oxygen atoms in total. The summed E-state index contributed by atoms with van der Waals surface area (Å²) in [6.07, 6.45) is 0. The van der Waals surface area contributed by atoms with Gasteiger partial charge in [-0.25, -0.2) is 4.39 Å². The lowest BCUT2D eigenvalue weighted by Crippen LogP contribution is -2.57. The molecule has 2 aromatic rings. The van der Waals surface area contributed by atoms with Crippen LogP contribution < -0.4 is 10.1 Å². The number of para-hydroxylation sites is 1. The average molecular weight is 476 g/mol. The van der Waals surface area contributed by atoms with Gasteiger partial charge in [-0.15, -0.1) is 0 Å². The van der Waals surface area contributed by atoms with Crippen LogP contribution in [0, 0.1) is 11.7 Å². The van der Waals surface area contributed by atoms with Gasteiger partial charge in [0, 0.05) is 26.2 Å². The quantitative estimate of drug-likeness (QED) is 0.695. The molecule has 9 heteroatoms. The van der Waals surface area contributed by atoms with Crippen molar-refractivity contribution in [3.05, 3.63) is 64.4 Å². The highest BCUT2D eigenvalue weighted by atomic mass is 35.5. The number of rotatable bonds is 6. The summed E-state index contributed by atoms with van der Waals surface area (Å²) in [5, 5.41) is 2.89. The first kappa shape index (κ1) is 24.5. The minimum Gasteiger partial charge on any atom is -0.496 e. The van der Waals surface area contributed by atoms with Gasteiger partial charge in [0.2, 0.25) is 5.91 Å². The van der Waals surface area contributed by atoms with Crippen molar-refractivity contribution in [3.8, 4) is 5.75 Å². The van der Waals surface area contributed by atoms with Crippen LogP contribution in [0.25, 0.3) is 0 Å². The topological polar surface area (TPSA) is 79.0 Å². The number of benzene rings is 2. The van der Waals surface area contributed by atoms with Gasteiger partial charge >= 0.3 is 0 Å². The Morgan fingerprint density at radius 3 is 2.24 bits per heavy atom. The van der Waals surface area contributed by atoms with Crippen LogP contribution in [0.1, 0.15) is 34.6 Å². The van der Waals surface area contributed by atoms with E-state index in [1.54, 1.807) is 34.1 Å². The number of nitrogens with zero attached hydrogens (tertiary/aromatic N) is 2. The zero-order valence-corrected chi connectivity index (χ0v) is 19.6. The Bertz CT molecular complexity index is 1040. The van der Waals surface area contributed by atoms with E-state index >= 15 is 0 Å². The third kappa shape index (κ3) is 5.63. The molecule has 1 atom stereocenters. The largest absolute Gasteiger partial charge is 0.496 e. The molecule has 33 heavy (non-hydrogen) atoms. The highest BCUT2D eigenvalue weighted by Crippen LogP contribution is 2.21. The number of halogens is 2. The standard InChI is InChI=1S/C24H27ClFN3O4/c1-15(2)21(27-22(30)18-6-4-5-7-20(18)33-3)24(32)29-12-10-28(11-13-29)23(31)17-9-8-16(26)14-19(17)25/h4-9,14-15,21H,10-13H2,1-3H3,(H,27,30). The van der Waals surface area contributed by atoms with Gasteiger partial charge in [0.15, 0.2) is 0 Å². The molecule has 1 heterocycles. The zero-order valence-electron chi connectivity index (χ0n) is 18.8. The predicted molar refractivity (Wildman–Crippen MR) is 123 cm³/mol. The smallest absolute Gasteiger partial charge is 0.255 e. The Balaban J connectivity index is 1.65. The van der Waals surface area contributed by atoms with E-state index in [0.29, 0.717) is 37.5 Å². The summed E-state index contributed by atoms with van der Waals surface area (Å²) in [4.78, 5) is 42.0. The third-order valence-electron chi connectivity index (χ3n) is 5.61. The molecule has 0 saturated carbocycles. The number of carbonyl (C=O) groups excluding carboxylic acids is 3. The van der Waals surface area contributed by atoms with E-state index in [-0.39, 0.29) is 34.2 Å². The Morgan fingerprint density at radius 1 is 1.00 bits per heavy atom. The Kier molecular flexibility index (Phi) is 7.92. The maximum atomic E-state index is 13.3. The van der Waals surface area contributed by atoms with Gasteiger partial charge in [0.1, 0.15) is 17.6 Å². The summed E-state index contributed by atoms with van der Waals surface area (Å²) >= 11 is 6.02. The fourth-order valence-corrected chi connectivity index (χ4v) is 3.97. The van der Waals surface area contributed by atoms with Gasteiger partial charge in [0.05, 0.1) is 23.3 Å². The normalized spacial score (nSPS) is 14.7. The van der Waals surface area contributed by atoms with Crippen molar-refractivity contribution < 1.29 is 23.5 Å². The molecule has 0 radical (unpaired) electrons. The average Bonchev–Trinajstić information content (AvgIpc) is 2.81. The molecule has 1 fully saturated rings. The molecule has 1 saturated heterocycles. The summed E-state index contributed by atoms with van der Waals surface area (Å²) in [6.45, 7) is 4.98. The lowest BCUT2D eigenvalue weighted by atomic mass is 10.0. The van der Waals surface area contributed by atoms with E-state index < -0.39 is 11.9 Å². The summed E-state index contributed by atoms with van der Waals surface area (Å²) < 4.78 is 18.5. The van der Waals surface area contributed by atoms with Gasteiger partial charge in [-0.05, 0) is 36.2 Å². The van der Waals surface area contributed by atoms with Crippen LogP contribution in [0.5, 0.6) is 5.75 Å². The molecular formula is C24H27ClFN3O4. The van der Waals surface area contributed by atoms with E-state index in [9.17, 15) is 18.8 Å². The van der Waals surface area contributed by atoms with Gasteiger partial charge in [-0.2, -0.15) is 0 Å². The second kappa shape index (κ2) is 10.7. The Morgan fingerprint density at radius 2 is 1.64 bits per heavy atom. The number of hydrogen-bond acceptors (Lipinski definition) is 4. The lowest BCUT2D eigenvalue weighted by Gasteiger charge is -2.37. The maximum absolute atomic E-state index is 13.3. The fourth-order valence-electron chi connectivity index (χ4n) is 3.72. The van der Waals surface area contributed by atoms with Gasteiger partial charge in [0.25, 0.3) is 11.8 Å². The van der Waals surface area contributed by atoms with E-state index in [2.05, 4.69) is 5.32 Å². The molecule has 0 bridgehead atoms. The van der Waals surface area contributed by atoms with Crippen molar-refractivity contribution in [1.82, 2.24) is 15.1 Å². The molecule has 1 aliphatic heterocycles. The minimum atomic E-state index is -0.726. The number of nitrogens with one attached hydrogen (secondary N) is 1. The monoisotopic (exact) mass is 475 g/mol. The molecule has 3 rings (SSSR count). The fraction of sp³-hybridized carbons (Fsp3) is 0.375. The first-order valence-electron chi connectivity index (χ1n) is 10.7. The minimum absolute atomic E-state index is 0.0532. The first-order valence-corrected chi connectivity index (χ1v) is 11.1. The SMILES string of the molecule is COc1ccccc1C(=O)NC(C(=O)N1CCN(C(=O)c2ccc(F)cc2Cl)CC1)C(C)C. The summed E-state index contributed by atoms with van der Waals surface area (Å²) in [6, 6.07) is 9.75. The Labute approximate surface area is 197 Å². The third-order valence-corrected chi connectivity index (χ3v) is 5.92. The second-order valence-corrected chi connectivity index (χ2v) is 8.54. The molecule has 176 valence electrons. The summed E-state index contributed by atoms with van der Waals surface area (Å²) in [5.41, 5.74) is 0.576. The van der Waals surface area contributed by atoms with Crippen LogP contribution in [0.3, 0.4) is 0 Å². The first-order chi connectivity index (χ1) is 15.7.